The Morgan fingerprint density at radius 2 is 1.50 bits per heavy atom. The van der Waals surface area contributed by atoms with E-state index in [1.54, 1.807) is 0 Å². The largest absolute Gasteiger partial charge is 0.0837 e. The Balaban J connectivity index is 0.000000720. The van der Waals surface area contributed by atoms with Gasteiger partial charge >= 0.3 is 0 Å². The van der Waals surface area contributed by atoms with Gasteiger partial charge in [-0.25, -0.2) is 0 Å². The van der Waals surface area contributed by atoms with Gasteiger partial charge in [-0.05, 0) is 11.5 Å². The van der Waals surface area contributed by atoms with E-state index >= 15 is 0 Å². The summed E-state index contributed by atoms with van der Waals surface area (Å²) in [6.07, 6.45) is 0. The maximum atomic E-state index is 5.96. The quantitative estimate of drug-likeness (QED) is 0.555. The summed E-state index contributed by atoms with van der Waals surface area (Å²) in [5, 5.41) is 3.14. The number of fused-ring (bicyclic) bond motifs is 1. The van der Waals surface area contributed by atoms with E-state index in [9.17, 15) is 0 Å². The minimum absolute atomic E-state index is 0. The fourth-order valence-electron chi connectivity index (χ4n) is 1.19. The summed E-state index contributed by atoms with van der Waals surface area (Å²) in [6, 6.07) is 14.0. The van der Waals surface area contributed by atoms with E-state index in [4.69, 9.17) is 11.6 Å². The average molecular weight is 187 g/mol. The molecule has 0 aromatic heterocycles. The highest BCUT2D eigenvalue weighted by Gasteiger charge is 1.93. The molecule has 0 heterocycles. The SMILES string of the molecule is Clc1cccc2ccccc12.[Mg]. The predicted octanol–water partition coefficient (Wildman–Crippen LogP) is 3.11. The van der Waals surface area contributed by atoms with Crippen molar-refractivity contribution in [1.29, 1.82) is 0 Å². The lowest BCUT2D eigenvalue weighted by molar-refractivity contribution is 1.75. The molecule has 0 bridgehead atoms. The van der Waals surface area contributed by atoms with Gasteiger partial charge in [-0.2, -0.15) is 0 Å². The third kappa shape index (κ3) is 1.74. The molecule has 2 aromatic carbocycles. The second kappa shape index (κ2) is 4.12. The molecule has 0 fully saturated rings. The van der Waals surface area contributed by atoms with Crippen LogP contribution in [0.4, 0.5) is 0 Å². The van der Waals surface area contributed by atoms with Gasteiger partial charge < -0.3 is 0 Å². The summed E-state index contributed by atoms with van der Waals surface area (Å²) in [4.78, 5) is 0. The van der Waals surface area contributed by atoms with Crippen molar-refractivity contribution < 1.29 is 0 Å². The Bertz CT molecular complexity index is 379. The second-order valence-electron chi connectivity index (χ2n) is 2.46. The molecule has 12 heavy (non-hydrogen) atoms. The van der Waals surface area contributed by atoms with Crippen LogP contribution in [0, 0.1) is 0 Å². The third-order valence-electron chi connectivity index (χ3n) is 1.74. The zero-order valence-corrected chi connectivity index (χ0v) is 8.80. The van der Waals surface area contributed by atoms with Crippen molar-refractivity contribution in [2.24, 2.45) is 0 Å². The van der Waals surface area contributed by atoms with Crippen LogP contribution in [0.1, 0.15) is 0 Å². The molecule has 0 spiro atoms. The Hall–Kier alpha value is -0.244. The molecule has 0 unspecified atom stereocenters. The summed E-state index contributed by atoms with van der Waals surface area (Å²) in [5.74, 6) is 0. The first-order valence-electron chi connectivity index (χ1n) is 3.51. The number of hydrogen-bond acceptors (Lipinski definition) is 0. The van der Waals surface area contributed by atoms with Crippen molar-refractivity contribution >= 4 is 45.4 Å². The number of rotatable bonds is 0. The maximum absolute atomic E-state index is 5.96. The Kier molecular flexibility index (Phi) is 3.38. The van der Waals surface area contributed by atoms with Crippen molar-refractivity contribution in [2.75, 3.05) is 0 Å². The summed E-state index contributed by atoms with van der Waals surface area (Å²) < 4.78 is 0. The van der Waals surface area contributed by atoms with Gasteiger partial charge in [-0.15, -0.1) is 0 Å². The van der Waals surface area contributed by atoms with Crippen LogP contribution in [-0.2, 0) is 0 Å². The lowest BCUT2D eigenvalue weighted by Crippen LogP contribution is -1.70. The lowest BCUT2D eigenvalue weighted by Gasteiger charge is -1.97. The summed E-state index contributed by atoms with van der Waals surface area (Å²) in [5.41, 5.74) is 0. The fraction of sp³-hybridized carbons (Fsp3) is 0. The molecule has 0 aliphatic heterocycles. The smallest absolute Gasteiger partial charge is 0.0484 e. The van der Waals surface area contributed by atoms with Gasteiger partial charge in [-0.3, -0.25) is 0 Å². The van der Waals surface area contributed by atoms with Crippen LogP contribution in [0.2, 0.25) is 5.02 Å². The fourth-order valence-corrected chi connectivity index (χ4v) is 1.43. The lowest BCUT2D eigenvalue weighted by atomic mass is 10.1. The van der Waals surface area contributed by atoms with E-state index in [-0.39, 0.29) is 23.1 Å². The van der Waals surface area contributed by atoms with Gasteiger partial charge in [0.25, 0.3) is 0 Å². The van der Waals surface area contributed by atoms with Gasteiger partial charge in [-0.1, -0.05) is 48.0 Å². The van der Waals surface area contributed by atoms with Crippen molar-refractivity contribution in [3.8, 4) is 0 Å². The second-order valence-corrected chi connectivity index (χ2v) is 2.87. The highest BCUT2D eigenvalue weighted by Crippen LogP contribution is 2.21. The molecule has 2 heteroatoms. The van der Waals surface area contributed by atoms with E-state index in [1.165, 1.54) is 5.39 Å². The van der Waals surface area contributed by atoms with Crippen LogP contribution in [0.25, 0.3) is 10.8 Å². The van der Waals surface area contributed by atoms with Crippen LogP contribution >= 0.6 is 11.6 Å². The first kappa shape index (κ1) is 9.84. The molecular formula is C10H7ClMg. The molecule has 0 atom stereocenters. The molecule has 0 N–H and O–H groups in total. The van der Waals surface area contributed by atoms with Crippen LogP contribution in [0.5, 0.6) is 0 Å². The molecule has 0 saturated heterocycles. The van der Waals surface area contributed by atoms with Crippen molar-refractivity contribution in [3.05, 3.63) is 47.5 Å². The van der Waals surface area contributed by atoms with Crippen LogP contribution < -0.4 is 0 Å². The summed E-state index contributed by atoms with van der Waals surface area (Å²) in [6.45, 7) is 0. The number of halogens is 1. The van der Waals surface area contributed by atoms with E-state index in [0.717, 1.165) is 10.4 Å². The first-order chi connectivity index (χ1) is 5.38. The molecule has 0 aliphatic rings. The molecule has 2 radical (unpaired) electrons. The first-order valence-corrected chi connectivity index (χ1v) is 3.89. The van der Waals surface area contributed by atoms with Crippen LogP contribution in [0.3, 0.4) is 0 Å². The summed E-state index contributed by atoms with van der Waals surface area (Å²) >= 11 is 5.96. The topological polar surface area (TPSA) is 0 Å². The molecular weight excluding hydrogens is 180 g/mol. The Morgan fingerprint density at radius 1 is 0.833 bits per heavy atom. The molecule has 2 rings (SSSR count). The minimum atomic E-state index is 0. The van der Waals surface area contributed by atoms with Crippen molar-refractivity contribution in [3.63, 3.8) is 0 Å². The monoisotopic (exact) mass is 186 g/mol. The summed E-state index contributed by atoms with van der Waals surface area (Å²) in [7, 11) is 0. The molecule has 56 valence electrons. The standard InChI is InChI=1S/C10H7Cl.Mg/c11-10-7-3-5-8-4-1-2-6-9(8)10;/h1-7H;. The predicted molar refractivity (Wildman–Crippen MR) is 54.7 cm³/mol. The van der Waals surface area contributed by atoms with E-state index in [0.29, 0.717) is 0 Å². The van der Waals surface area contributed by atoms with Crippen molar-refractivity contribution in [1.82, 2.24) is 0 Å². The van der Waals surface area contributed by atoms with E-state index < -0.39 is 0 Å². The zero-order chi connectivity index (χ0) is 7.68. The van der Waals surface area contributed by atoms with Gasteiger partial charge in [0.1, 0.15) is 0 Å². The van der Waals surface area contributed by atoms with Gasteiger partial charge in [0.05, 0.1) is 0 Å². The van der Waals surface area contributed by atoms with Gasteiger partial charge in [0.2, 0.25) is 0 Å². The third-order valence-corrected chi connectivity index (χ3v) is 2.07. The average Bonchev–Trinajstić information content (AvgIpc) is 2.06. The molecule has 0 nitrogen and oxygen atoms in total. The van der Waals surface area contributed by atoms with Crippen LogP contribution in [0.15, 0.2) is 42.5 Å². The van der Waals surface area contributed by atoms with Gasteiger partial charge in [0, 0.05) is 33.5 Å². The normalized spacial score (nSPS) is 9.42. The molecule has 0 amide bonds. The van der Waals surface area contributed by atoms with Gasteiger partial charge in [0.15, 0.2) is 0 Å². The van der Waals surface area contributed by atoms with Crippen molar-refractivity contribution in [2.45, 2.75) is 0 Å². The molecule has 2 aromatic rings. The molecule has 0 saturated carbocycles. The zero-order valence-electron chi connectivity index (χ0n) is 6.63. The Labute approximate surface area is 92.7 Å². The highest BCUT2D eigenvalue weighted by atomic mass is 35.5. The van der Waals surface area contributed by atoms with E-state index in [2.05, 4.69) is 12.1 Å². The minimum Gasteiger partial charge on any atom is -0.0837 e. The highest BCUT2D eigenvalue weighted by molar-refractivity contribution is 6.35. The number of benzene rings is 2. The van der Waals surface area contributed by atoms with Crippen LogP contribution in [-0.4, -0.2) is 23.1 Å². The Morgan fingerprint density at radius 3 is 2.25 bits per heavy atom. The maximum Gasteiger partial charge on any atom is 0.0484 e. The molecule has 0 aliphatic carbocycles. The van der Waals surface area contributed by atoms with E-state index in [1.807, 2.05) is 30.3 Å². The number of hydrogen-bond donors (Lipinski definition) is 0.